The van der Waals surface area contributed by atoms with E-state index in [1.165, 1.54) is 37.0 Å². The van der Waals surface area contributed by atoms with E-state index in [9.17, 15) is 4.79 Å². The molecule has 1 N–H and O–H groups in total. The SMILES string of the molecule is O=C(CCc1cccs1)Nc1ncccc1OCC1CCCCC1. The van der Waals surface area contributed by atoms with E-state index >= 15 is 0 Å². The van der Waals surface area contributed by atoms with Crippen molar-refractivity contribution in [1.82, 2.24) is 4.98 Å². The second-order valence-electron chi connectivity index (χ2n) is 6.29. The second-order valence-corrected chi connectivity index (χ2v) is 7.32. The molecule has 0 aliphatic heterocycles. The van der Waals surface area contributed by atoms with Gasteiger partial charge in [-0.15, -0.1) is 11.3 Å². The molecule has 2 heterocycles. The summed E-state index contributed by atoms with van der Waals surface area (Å²) in [5.41, 5.74) is 0. The summed E-state index contributed by atoms with van der Waals surface area (Å²) in [5, 5.41) is 4.92. The molecule has 1 amide bonds. The van der Waals surface area contributed by atoms with Gasteiger partial charge < -0.3 is 10.1 Å². The lowest BCUT2D eigenvalue weighted by molar-refractivity contribution is -0.116. The molecule has 5 heteroatoms. The van der Waals surface area contributed by atoms with E-state index in [2.05, 4.69) is 16.4 Å². The maximum Gasteiger partial charge on any atom is 0.225 e. The van der Waals surface area contributed by atoms with Crippen LogP contribution in [0.3, 0.4) is 0 Å². The number of aromatic nitrogens is 1. The molecule has 1 fully saturated rings. The van der Waals surface area contributed by atoms with E-state index in [1.807, 2.05) is 23.6 Å². The van der Waals surface area contributed by atoms with E-state index < -0.39 is 0 Å². The molecular formula is C19H24N2O2S. The summed E-state index contributed by atoms with van der Waals surface area (Å²) in [6.07, 6.45) is 9.32. The fourth-order valence-electron chi connectivity index (χ4n) is 3.05. The molecule has 4 nitrogen and oxygen atoms in total. The Bertz CT molecular complexity index is 637. The van der Waals surface area contributed by atoms with Crippen LogP contribution >= 0.6 is 11.3 Å². The Hall–Kier alpha value is -1.88. The van der Waals surface area contributed by atoms with Crippen LogP contribution in [-0.2, 0) is 11.2 Å². The average molecular weight is 344 g/mol. The van der Waals surface area contributed by atoms with Gasteiger partial charge in [-0.3, -0.25) is 4.79 Å². The zero-order valence-electron chi connectivity index (χ0n) is 13.9. The van der Waals surface area contributed by atoms with Gasteiger partial charge in [-0.05, 0) is 48.8 Å². The number of hydrogen-bond donors (Lipinski definition) is 1. The molecule has 1 saturated carbocycles. The number of anilines is 1. The number of hydrogen-bond acceptors (Lipinski definition) is 4. The number of carbonyl (C=O) groups excluding carboxylic acids is 1. The van der Waals surface area contributed by atoms with E-state index in [4.69, 9.17) is 4.74 Å². The highest BCUT2D eigenvalue weighted by Crippen LogP contribution is 2.27. The first-order valence-corrected chi connectivity index (χ1v) is 9.59. The number of aryl methyl sites for hydroxylation is 1. The molecule has 2 aromatic rings. The zero-order valence-corrected chi connectivity index (χ0v) is 14.7. The minimum Gasteiger partial charge on any atom is -0.489 e. The number of rotatable bonds is 7. The fourth-order valence-corrected chi connectivity index (χ4v) is 3.76. The monoisotopic (exact) mass is 344 g/mol. The Morgan fingerprint density at radius 3 is 2.92 bits per heavy atom. The van der Waals surface area contributed by atoms with Crippen molar-refractivity contribution in [3.8, 4) is 5.75 Å². The quantitative estimate of drug-likeness (QED) is 0.794. The second kappa shape index (κ2) is 8.83. The number of thiophene rings is 1. The van der Waals surface area contributed by atoms with Crippen molar-refractivity contribution in [3.63, 3.8) is 0 Å². The molecule has 1 aliphatic rings. The number of nitrogens with one attached hydrogen (secondary N) is 1. The highest BCUT2D eigenvalue weighted by Gasteiger charge is 2.16. The highest BCUT2D eigenvalue weighted by atomic mass is 32.1. The summed E-state index contributed by atoms with van der Waals surface area (Å²) in [6.45, 7) is 0.712. The van der Waals surface area contributed by atoms with Gasteiger partial charge in [-0.1, -0.05) is 25.3 Å². The first-order valence-electron chi connectivity index (χ1n) is 8.71. The Morgan fingerprint density at radius 2 is 2.12 bits per heavy atom. The number of carbonyl (C=O) groups is 1. The van der Waals surface area contributed by atoms with Crippen molar-refractivity contribution < 1.29 is 9.53 Å². The van der Waals surface area contributed by atoms with Crippen LogP contribution in [0.5, 0.6) is 5.75 Å². The molecular weight excluding hydrogens is 320 g/mol. The Balaban J connectivity index is 1.51. The van der Waals surface area contributed by atoms with Crippen LogP contribution in [0.2, 0.25) is 0 Å². The third-order valence-corrected chi connectivity index (χ3v) is 5.34. The lowest BCUT2D eigenvalue weighted by Gasteiger charge is -2.22. The topological polar surface area (TPSA) is 51.2 Å². The van der Waals surface area contributed by atoms with Crippen LogP contribution in [0.15, 0.2) is 35.8 Å². The minimum atomic E-state index is -0.0235. The summed E-state index contributed by atoms with van der Waals surface area (Å²) in [5.74, 6) is 1.81. The van der Waals surface area contributed by atoms with Crippen molar-refractivity contribution in [1.29, 1.82) is 0 Å². The van der Waals surface area contributed by atoms with E-state index in [1.54, 1.807) is 17.5 Å². The molecule has 0 spiro atoms. The van der Waals surface area contributed by atoms with E-state index in [0.717, 1.165) is 6.42 Å². The van der Waals surface area contributed by atoms with Gasteiger partial charge in [0, 0.05) is 17.5 Å². The predicted octanol–water partition coefficient (Wildman–Crippen LogP) is 4.67. The Morgan fingerprint density at radius 1 is 1.25 bits per heavy atom. The Labute approximate surface area is 147 Å². The van der Waals surface area contributed by atoms with E-state index in [0.29, 0.717) is 30.5 Å². The van der Waals surface area contributed by atoms with Gasteiger partial charge in [0.2, 0.25) is 5.91 Å². The average Bonchev–Trinajstić information content (AvgIpc) is 3.14. The molecule has 0 bridgehead atoms. The molecule has 2 aromatic heterocycles. The molecule has 3 rings (SSSR count). The molecule has 24 heavy (non-hydrogen) atoms. The van der Waals surface area contributed by atoms with Crippen LogP contribution < -0.4 is 10.1 Å². The van der Waals surface area contributed by atoms with Gasteiger partial charge in [0.15, 0.2) is 11.6 Å². The normalized spacial score (nSPS) is 15.2. The lowest BCUT2D eigenvalue weighted by atomic mass is 9.90. The Kier molecular flexibility index (Phi) is 6.24. The van der Waals surface area contributed by atoms with Gasteiger partial charge in [-0.25, -0.2) is 4.98 Å². The third kappa shape index (κ3) is 5.06. The fraction of sp³-hybridized carbons (Fsp3) is 0.474. The molecule has 0 saturated heterocycles. The number of amides is 1. The van der Waals surface area contributed by atoms with Crippen LogP contribution in [-0.4, -0.2) is 17.5 Å². The van der Waals surface area contributed by atoms with Crippen molar-refractivity contribution in [3.05, 3.63) is 40.7 Å². The van der Waals surface area contributed by atoms with Crippen LogP contribution in [0.1, 0.15) is 43.4 Å². The predicted molar refractivity (Wildman–Crippen MR) is 97.6 cm³/mol. The molecule has 0 unspecified atom stereocenters. The highest BCUT2D eigenvalue weighted by molar-refractivity contribution is 7.09. The summed E-state index contributed by atoms with van der Waals surface area (Å²) in [6, 6.07) is 7.79. The van der Waals surface area contributed by atoms with Crippen molar-refractivity contribution >= 4 is 23.1 Å². The molecule has 128 valence electrons. The summed E-state index contributed by atoms with van der Waals surface area (Å²) < 4.78 is 5.95. The van der Waals surface area contributed by atoms with Gasteiger partial charge in [0.25, 0.3) is 0 Å². The van der Waals surface area contributed by atoms with Crippen LogP contribution in [0, 0.1) is 5.92 Å². The third-order valence-electron chi connectivity index (χ3n) is 4.41. The summed E-state index contributed by atoms with van der Waals surface area (Å²) >= 11 is 1.68. The van der Waals surface area contributed by atoms with Crippen LogP contribution in [0.4, 0.5) is 5.82 Å². The van der Waals surface area contributed by atoms with Gasteiger partial charge in [0.05, 0.1) is 6.61 Å². The first kappa shape index (κ1) is 17.0. The first-order chi connectivity index (χ1) is 11.8. The minimum absolute atomic E-state index is 0.0235. The van der Waals surface area contributed by atoms with Crippen molar-refractivity contribution in [2.75, 3.05) is 11.9 Å². The molecule has 0 aromatic carbocycles. The largest absolute Gasteiger partial charge is 0.489 e. The molecule has 0 atom stereocenters. The number of pyridine rings is 1. The zero-order chi connectivity index (χ0) is 16.6. The lowest BCUT2D eigenvalue weighted by Crippen LogP contribution is -2.17. The van der Waals surface area contributed by atoms with Crippen molar-refractivity contribution in [2.45, 2.75) is 44.9 Å². The molecule has 0 radical (unpaired) electrons. The van der Waals surface area contributed by atoms with Crippen molar-refractivity contribution in [2.24, 2.45) is 5.92 Å². The summed E-state index contributed by atoms with van der Waals surface area (Å²) in [7, 11) is 0. The smallest absolute Gasteiger partial charge is 0.225 e. The van der Waals surface area contributed by atoms with Gasteiger partial charge >= 0.3 is 0 Å². The maximum atomic E-state index is 12.2. The van der Waals surface area contributed by atoms with Gasteiger partial charge in [-0.2, -0.15) is 0 Å². The number of nitrogens with zero attached hydrogens (tertiary/aromatic N) is 1. The van der Waals surface area contributed by atoms with E-state index in [-0.39, 0.29) is 5.91 Å². The standard InChI is InChI=1S/C19H24N2O2S/c22-18(11-10-16-8-5-13-24-16)21-19-17(9-4-12-20-19)23-14-15-6-2-1-3-7-15/h4-5,8-9,12-13,15H,1-3,6-7,10-11,14H2,(H,20,21,22). The number of ether oxygens (including phenoxy) is 1. The summed E-state index contributed by atoms with van der Waals surface area (Å²) in [4.78, 5) is 17.7. The van der Waals surface area contributed by atoms with Crippen LogP contribution in [0.25, 0.3) is 0 Å². The maximum absolute atomic E-state index is 12.2. The molecule has 1 aliphatic carbocycles. The van der Waals surface area contributed by atoms with Gasteiger partial charge in [0.1, 0.15) is 0 Å².